The minimum absolute atomic E-state index is 0.0761. The normalized spacial score (nSPS) is 29.7. The van der Waals surface area contributed by atoms with Crippen LogP contribution >= 0.6 is 0 Å². The molecule has 2 aliphatic carbocycles. The lowest BCUT2D eigenvalue weighted by atomic mass is 9.84. The number of phenolic OH excluding ortho intramolecular Hbond substituents is 1. The molecule has 1 aromatic carbocycles. The van der Waals surface area contributed by atoms with E-state index in [1.807, 2.05) is 23.1 Å². The van der Waals surface area contributed by atoms with Crippen molar-refractivity contribution < 1.29 is 9.90 Å². The van der Waals surface area contributed by atoms with Gasteiger partial charge in [-0.25, -0.2) is 4.79 Å². The molecule has 1 saturated heterocycles. The summed E-state index contributed by atoms with van der Waals surface area (Å²) < 4.78 is 0. The molecule has 2 saturated carbocycles. The van der Waals surface area contributed by atoms with Gasteiger partial charge in [0, 0.05) is 32.2 Å². The average Bonchev–Trinajstić information content (AvgIpc) is 3.26. The van der Waals surface area contributed by atoms with Gasteiger partial charge in [-0.15, -0.1) is 0 Å². The maximum atomic E-state index is 12.6. The minimum atomic E-state index is 0.0761. The Morgan fingerprint density at radius 1 is 1.16 bits per heavy atom. The number of fused-ring (bicyclic) bond motifs is 2. The lowest BCUT2D eigenvalue weighted by Gasteiger charge is -2.37. The second-order valence-corrected chi connectivity index (χ2v) is 8.04. The van der Waals surface area contributed by atoms with Crippen LogP contribution in [0.3, 0.4) is 0 Å². The summed E-state index contributed by atoms with van der Waals surface area (Å²) in [4.78, 5) is 16.7. The topological polar surface area (TPSA) is 55.8 Å². The van der Waals surface area contributed by atoms with Crippen molar-refractivity contribution >= 4 is 11.7 Å². The Hall–Kier alpha value is -1.91. The van der Waals surface area contributed by atoms with E-state index in [2.05, 4.69) is 17.1 Å². The molecule has 1 heterocycles. The van der Waals surface area contributed by atoms with E-state index in [4.69, 9.17) is 0 Å². The number of urea groups is 1. The zero-order valence-corrected chi connectivity index (χ0v) is 15.0. The van der Waals surface area contributed by atoms with E-state index in [1.54, 1.807) is 6.07 Å². The highest BCUT2D eigenvalue weighted by Crippen LogP contribution is 2.49. The maximum Gasteiger partial charge on any atom is 0.317 e. The van der Waals surface area contributed by atoms with Crippen LogP contribution in [-0.4, -0.2) is 48.3 Å². The van der Waals surface area contributed by atoms with Crippen LogP contribution in [0.15, 0.2) is 24.3 Å². The fraction of sp³-hybridized carbons (Fsp3) is 0.650. The van der Waals surface area contributed by atoms with Gasteiger partial charge in [0.25, 0.3) is 0 Å². The number of carbonyl (C=O) groups is 1. The predicted octanol–water partition coefficient (Wildman–Crippen LogP) is 3.05. The summed E-state index contributed by atoms with van der Waals surface area (Å²) in [5.41, 5.74) is 0.859. The number of amides is 2. The Bertz CT molecular complexity index is 627. The van der Waals surface area contributed by atoms with Crippen LogP contribution in [0, 0.1) is 17.8 Å². The fourth-order valence-electron chi connectivity index (χ4n) is 5.18. The van der Waals surface area contributed by atoms with Crippen molar-refractivity contribution in [2.75, 3.05) is 31.1 Å². The monoisotopic (exact) mass is 343 g/mol. The number of nitrogens with one attached hydrogen (secondary N) is 1. The Morgan fingerprint density at radius 3 is 2.56 bits per heavy atom. The standard InChI is InChI=1S/C20H29N3O2/c1-14(17-13-15-6-7-16(17)12-15)21-20(25)23-10-8-22(9-11-23)18-4-2-3-5-19(18)24/h2-5,14-17,24H,6-13H2,1H3,(H,21,25)/t14-,15+,16+,17-/m1/s1. The van der Waals surface area contributed by atoms with E-state index in [0.717, 1.165) is 30.6 Å². The van der Waals surface area contributed by atoms with E-state index < -0.39 is 0 Å². The number of rotatable bonds is 3. The molecule has 2 N–H and O–H groups in total. The molecule has 4 rings (SSSR count). The summed E-state index contributed by atoms with van der Waals surface area (Å²) in [5, 5.41) is 13.3. The van der Waals surface area contributed by atoms with Gasteiger partial charge in [0.1, 0.15) is 5.75 Å². The molecular formula is C20H29N3O2. The first-order valence-corrected chi connectivity index (χ1v) is 9.70. The van der Waals surface area contributed by atoms with Crippen LogP contribution in [0.5, 0.6) is 5.75 Å². The van der Waals surface area contributed by atoms with Crippen LogP contribution in [0.2, 0.25) is 0 Å². The highest BCUT2D eigenvalue weighted by atomic mass is 16.3. The number of aromatic hydroxyl groups is 1. The van der Waals surface area contributed by atoms with Crippen LogP contribution in [0.4, 0.5) is 10.5 Å². The van der Waals surface area contributed by atoms with Crippen molar-refractivity contribution in [2.45, 2.75) is 38.6 Å². The Balaban J connectivity index is 1.29. The summed E-state index contributed by atoms with van der Waals surface area (Å²) in [6, 6.07) is 7.77. The zero-order chi connectivity index (χ0) is 17.4. The molecule has 5 nitrogen and oxygen atoms in total. The average molecular weight is 343 g/mol. The van der Waals surface area contributed by atoms with Crippen LogP contribution in [-0.2, 0) is 0 Å². The molecular weight excluding hydrogens is 314 g/mol. The smallest absolute Gasteiger partial charge is 0.317 e. The summed E-state index contributed by atoms with van der Waals surface area (Å²) in [6.07, 6.45) is 5.43. The Kier molecular flexibility index (Phi) is 4.48. The van der Waals surface area contributed by atoms with E-state index in [1.165, 1.54) is 25.7 Å². The van der Waals surface area contributed by atoms with Crippen molar-refractivity contribution in [3.05, 3.63) is 24.3 Å². The molecule has 3 aliphatic rings. The Labute approximate surface area is 150 Å². The van der Waals surface area contributed by atoms with Gasteiger partial charge in [0.05, 0.1) is 5.69 Å². The van der Waals surface area contributed by atoms with Gasteiger partial charge in [0.2, 0.25) is 0 Å². The summed E-state index contributed by atoms with van der Waals surface area (Å²) in [6.45, 7) is 5.09. The van der Waals surface area contributed by atoms with Crippen LogP contribution < -0.4 is 10.2 Å². The highest BCUT2D eigenvalue weighted by molar-refractivity contribution is 5.75. The summed E-state index contributed by atoms with van der Waals surface area (Å²) in [5.74, 6) is 2.73. The number of anilines is 1. The molecule has 1 aliphatic heterocycles. The van der Waals surface area contributed by atoms with Crippen LogP contribution in [0.1, 0.15) is 32.6 Å². The molecule has 136 valence electrons. The van der Waals surface area contributed by atoms with E-state index in [9.17, 15) is 9.90 Å². The quantitative estimate of drug-likeness (QED) is 0.887. The number of hydrogen-bond donors (Lipinski definition) is 2. The van der Waals surface area contributed by atoms with Gasteiger partial charge < -0.3 is 20.2 Å². The van der Waals surface area contributed by atoms with Gasteiger partial charge >= 0.3 is 6.03 Å². The van der Waals surface area contributed by atoms with Gasteiger partial charge in [0.15, 0.2) is 0 Å². The van der Waals surface area contributed by atoms with Crippen molar-refractivity contribution in [3.8, 4) is 5.75 Å². The molecule has 0 unspecified atom stereocenters. The van der Waals surface area contributed by atoms with Crippen molar-refractivity contribution in [3.63, 3.8) is 0 Å². The Morgan fingerprint density at radius 2 is 1.92 bits per heavy atom. The lowest BCUT2D eigenvalue weighted by Crippen LogP contribution is -2.54. The third-order valence-corrected chi connectivity index (χ3v) is 6.58. The lowest BCUT2D eigenvalue weighted by molar-refractivity contribution is 0.179. The van der Waals surface area contributed by atoms with Gasteiger partial charge in [-0.3, -0.25) is 0 Å². The first kappa shape index (κ1) is 16.6. The van der Waals surface area contributed by atoms with Gasteiger partial charge in [-0.05, 0) is 56.1 Å². The SMILES string of the molecule is C[C@@H](NC(=O)N1CCN(c2ccccc2O)CC1)[C@H]1C[C@H]2CC[C@H]1C2. The van der Waals surface area contributed by atoms with Crippen molar-refractivity contribution in [2.24, 2.45) is 17.8 Å². The second-order valence-electron chi connectivity index (χ2n) is 8.04. The molecule has 1 aromatic rings. The largest absolute Gasteiger partial charge is 0.506 e. The molecule has 0 aromatic heterocycles. The zero-order valence-electron chi connectivity index (χ0n) is 15.0. The molecule has 2 amide bonds. The summed E-state index contributed by atoms with van der Waals surface area (Å²) >= 11 is 0. The number of hydrogen-bond acceptors (Lipinski definition) is 3. The van der Waals surface area contributed by atoms with Gasteiger partial charge in [-0.2, -0.15) is 0 Å². The molecule has 0 radical (unpaired) electrons. The number of benzene rings is 1. The first-order valence-electron chi connectivity index (χ1n) is 9.70. The number of phenols is 1. The molecule has 2 bridgehead atoms. The molecule has 25 heavy (non-hydrogen) atoms. The van der Waals surface area contributed by atoms with Crippen LogP contribution in [0.25, 0.3) is 0 Å². The fourth-order valence-corrected chi connectivity index (χ4v) is 5.18. The minimum Gasteiger partial charge on any atom is -0.506 e. The number of piperazine rings is 1. The first-order chi connectivity index (χ1) is 12.1. The van der Waals surface area contributed by atoms with Crippen molar-refractivity contribution in [1.29, 1.82) is 0 Å². The molecule has 4 atom stereocenters. The summed E-state index contributed by atoms with van der Waals surface area (Å²) in [7, 11) is 0. The van der Waals surface area contributed by atoms with E-state index in [-0.39, 0.29) is 12.1 Å². The highest BCUT2D eigenvalue weighted by Gasteiger charge is 2.42. The van der Waals surface area contributed by atoms with E-state index in [0.29, 0.717) is 24.8 Å². The maximum absolute atomic E-state index is 12.6. The van der Waals surface area contributed by atoms with E-state index >= 15 is 0 Å². The molecule has 0 spiro atoms. The molecule has 3 fully saturated rings. The third kappa shape index (κ3) is 3.29. The van der Waals surface area contributed by atoms with Gasteiger partial charge in [-0.1, -0.05) is 18.6 Å². The third-order valence-electron chi connectivity index (χ3n) is 6.58. The number of nitrogens with zero attached hydrogens (tertiary/aromatic N) is 2. The number of para-hydroxylation sites is 2. The molecule has 5 heteroatoms. The second kappa shape index (κ2) is 6.77. The predicted molar refractivity (Wildman–Crippen MR) is 98.8 cm³/mol. The number of carbonyl (C=O) groups excluding carboxylic acids is 1. The van der Waals surface area contributed by atoms with Crippen molar-refractivity contribution in [1.82, 2.24) is 10.2 Å².